The van der Waals surface area contributed by atoms with Crippen LogP contribution < -0.4 is 15.7 Å². The van der Waals surface area contributed by atoms with Gasteiger partial charge in [-0.15, -0.1) is 0 Å². The number of amides is 1. The van der Waals surface area contributed by atoms with Gasteiger partial charge in [-0.3, -0.25) is 4.79 Å². The quantitative estimate of drug-likeness (QED) is 0.477. The second-order valence-corrected chi connectivity index (χ2v) is 16.8. The van der Waals surface area contributed by atoms with E-state index in [1.165, 1.54) is 0 Å². The number of nitrogens with zero attached hydrogens (tertiary/aromatic N) is 1. The van der Waals surface area contributed by atoms with Crippen LogP contribution in [0.1, 0.15) is 63.9 Å². The Morgan fingerprint density at radius 2 is 1.58 bits per heavy atom. The summed E-state index contributed by atoms with van der Waals surface area (Å²) in [5, 5.41) is 2.93. The van der Waals surface area contributed by atoms with Crippen LogP contribution in [0.3, 0.4) is 0 Å². The monoisotopic (exact) mass is 510 g/mol. The van der Waals surface area contributed by atoms with E-state index in [-0.39, 0.29) is 10.9 Å². The summed E-state index contributed by atoms with van der Waals surface area (Å²) < 4.78 is 12.8. The van der Waals surface area contributed by atoms with Crippen LogP contribution >= 0.6 is 0 Å². The Balaban J connectivity index is 1.97. The van der Waals surface area contributed by atoms with Crippen LogP contribution in [0.2, 0.25) is 18.1 Å². The highest BCUT2D eigenvalue weighted by molar-refractivity contribution is 6.72. The smallest absolute Gasteiger partial charge is 0.432 e. The number of benzene rings is 2. The number of hydrogen-bond donors (Lipinski definition) is 2. The summed E-state index contributed by atoms with van der Waals surface area (Å²) in [6.07, 6.45) is 1.46. The van der Waals surface area contributed by atoms with E-state index in [4.69, 9.17) is 9.31 Å². The molecule has 196 valence electrons. The van der Waals surface area contributed by atoms with Crippen molar-refractivity contribution in [3.05, 3.63) is 53.6 Å². The van der Waals surface area contributed by atoms with Crippen molar-refractivity contribution in [1.82, 2.24) is 0 Å². The molecule has 0 aliphatic carbocycles. The predicted molar refractivity (Wildman–Crippen MR) is 153 cm³/mol. The predicted octanol–water partition coefficient (Wildman–Crippen LogP) is 5.21. The average molecular weight is 511 g/mol. The lowest BCUT2D eigenvalue weighted by molar-refractivity contribution is 0.00578. The van der Waals surface area contributed by atoms with Gasteiger partial charge >= 0.3 is 7.12 Å². The van der Waals surface area contributed by atoms with Gasteiger partial charge in [0.25, 0.3) is 5.91 Å². The van der Waals surface area contributed by atoms with Crippen molar-refractivity contribution in [3.8, 4) is 0 Å². The van der Waals surface area contributed by atoms with Crippen molar-refractivity contribution >= 4 is 38.2 Å². The maximum atomic E-state index is 13.2. The molecule has 36 heavy (non-hydrogen) atoms. The third kappa shape index (κ3) is 5.88. The Morgan fingerprint density at radius 3 is 2.08 bits per heavy atom. The summed E-state index contributed by atoms with van der Waals surface area (Å²) in [5.74, 6) is -0.163. The molecule has 2 aromatic rings. The summed E-state index contributed by atoms with van der Waals surface area (Å²) in [6.45, 7) is 16.4. The Kier molecular flexibility index (Phi) is 7.88. The number of hydrogen-bond acceptors (Lipinski definition) is 5. The van der Waals surface area contributed by atoms with Gasteiger partial charge in [0, 0.05) is 31.0 Å². The van der Waals surface area contributed by atoms with Crippen LogP contribution in [0.25, 0.3) is 0 Å². The zero-order chi connectivity index (χ0) is 27.1. The van der Waals surface area contributed by atoms with Crippen LogP contribution in [0.4, 0.5) is 11.4 Å². The van der Waals surface area contributed by atoms with Crippen LogP contribution in [-0.4, -0.2) is 51.4 Å². The first-order valence-electron chi connectivity index (χ1n) is 12.7. The first-order valence-corrected chi connectivity index (χ1v) is 15.7. The van der Waals surface area contributed by atoms with E-state index in [9.17, 15) is 9.59 Å². The molecule has 0 unspecified atom stereocenters. The van der Waals surface area contributed by atoms with Gasteiger partial charge in [-0.25, -0.2) is 0 Å². The maximum Gasteiger partial charge on any atom is 0.495 e. The van der Waals surface area contributed by atoms with Crippen LogP contribution in [0.15, 0.2) is 42.5 Å². The van der Waals surface area contributed by atoms with Gasteiger partial charge in [0.2, 0.25) is 0 Å². The first-order chi connectivity index (χ1) is 16.5. The maximum absolute atomic E-state index is 13.2. The molecule has 3 rings (SSSR count). The second-order valence-electron chi connectivity index (χ2n) is 12.3. The normalized spacial score (nSPS) is 17.2. The molecule has 1 aliphatic rings. The minimum atomic E-state index is -2.40. The highest BCUT2D eigenvalue weighted by Gasteiger charge is 2.52. The minimum absolute atomic E-state index is 0.163. The summed E-state index contributed by atoms with van der Waals surface area (Å²) in [5.41, 5.74) is 3.34. The highest BCUT2D eigenvalue weighted by Crippen LogP contribution is 2.41. The topological polar surface area (TPSA) is 71.0 Å². The van der Waals surface area contributed by atoms with Gasteiger partial charge in [-0.05, 0) is 100 Å². The molecule has 1 fully saturated rings. The van der Waals surface area contributed by atoms with Gasteiger partial charge in [0.1, 0.15) is 0 Å². The van der Waals surface area contributed by atoms with Gasteiger partial charge < -0.3 is 24.3 Å². The van der Waals surface area contributed by atoms with E-state index < -0.39 is 26.6 Å². The number of nitrogens with one attached hydrogen (secondary N) is 1. The van der Waals surface area contributed by atoms with Crippen molar-refractivity contribution in [2.75, 3.05) is 24.3 Å². The first kappa shape index (κ1) is 28.4. The van der Waals surface area contributed by atoms with Crippen molar-refractivity contribution < 1.29 is 18.9 Å². The van der Waals surface area contributed by atoms with E-state index in [0.717, 1.165) is 28.8 Å². The van der Waals surface area contributed by atoms with E-state index >= 15 is 0 Å². The number of anilines is 2. The Bertz CT molecular complexity index is 1080. The standard InChI is InChI=1S/C28H43BN2O4Si/c1-26(2,36(9,10)33)19-18-22-23(29-34-27(3,4)28(5,6)35-29)12-11-13-24(22)30-25(32)20-14-16-21(17-15-20)31(7)8/h11-17,33H,18-19H2,1-10H3,(H,30,32). The number of carbonyl (C=O) groups excluding carboxylic acids is 1. The third-order valence-electron chi connectivity index (χ3n) is 8.27. The van der Waals surface area contributed by atoms with Crippen LogP contribution in [-0.2, 0) is 15.7 Å². The molecule has 8 heteroatoms. The molecule has 1 saturated heterocycles. The summed E-state index contributed by atoms with van der Waals surface area (Å²) in [7, 11) is 1.00. The molecule has 0 bridgehead atoms. The molecule has 0 aromatic heterocycles. The van der Waals surface area contributed by atoms with E-state index in [0.29, 0.717) is 12.0 Å². The Morgan fingerprint density at radius 1 is 1.03 bits per heavy atom. The second kappa shape index (κ2) is 9.97. The van der Waals surface area contributed by atoms with Gasteiger partial charge in [0.05, 0.1) is 11.2 Å². The summed E-state index contributed by atoms with van der Waals surface area (Å²) >= 11 is 0. The van der Waals surface area contributed by atoms with Crippen LogP contribution in [0, 0.1) is 0 Å². The molecule has 0 saturated carbocycles. The average Bonchev–Trinajstić information content (AvgIpc) is 2.98. The minimum Gasteiger partial charge on any atom is -0.432 e. The van der Waals surface area contributed by atoms with E-state index in [1.54, 1.807) is 0 Å². The van der Waals surface area contributed by atoms with E-state index in [1.807, 2.05) is 102 Å². The largest absolute Gasteiger partial charge is 0.495 e. The fourth-order valence-electron chi connectivity index (χ4n) is 4.04. The van der Waals surface area contributed by atoms with Gasteiger partial charge in [-0.1, -0.05) is 26.0 Å². The zero-order valence-electron chi connectivity index (χ0n) is 23.7. The van der Waals surface area contributed by atoms with Crippen molar-refractivity contribution in [2.45, 2.75) is 83.7 Å². The van der Waals surface area contributed by atoms with Gasteiger partial charge in [-0.2, -0.15) is 0 Å². The summed E-state index contributed by atoms with van der Waals surface area (Å²) in [6, 6.07) is 13.4. The molecule has 0 spiro atoms. The van der Waals surface area contributed by atoms with Gasteiger partial charge in [0.15, 0.2) is 8.32 Å². The molecule has 6 nitrogen and oxygen atoms in total. The molecule has 0 atom stereocenters. The molecule has 1 amide bonds. The van der Waals surface area contributed by atoms with Crippen molar-refractivity contribution in [1.29, 1.82) is 0 Å². The molecule has 2 N–H and O–H groups in total. The number of rotatable bonds is 8. The zero-order valence-corrected chi connectivity index (χ0v) is 24.7. The Hall–Kier alpha value is -2.13. The van der Waals surface area contributed by atoms with Crippen LogP contribution in [0.5, 0.6) is 0 Å². The molecule has 2 aromatic carbocycles. The third-order valence-corrected chi connectivity index (χ3v) is 11.8. The van der Waals surface area contributed by atoms with E-state index in [2.05, 4.69) is 19.2 Å². The number of carbonyl (C=O) groups is 1. The Labute approximate surface area is 218 Å². The van der Waals surface area contributed by atoms with Crippen molar-refractivity contribution in [2.24, 2.45) is 0 Å². The molecular weight excluding hydrogens is 467 g/mol. The SMILES string of the molecule is CN(C)c1ccc(C(=O)Nc2cccc(B3OC(C)(C)C(C)(C)O3)c2CCC(C)(C)[Si](C)(C)O)cc1. The molecular formula is C28H43BN2O4Si. The lowest BCUT2D eigenvalue weighted by Gasteiger charge is -2.35. The molecule has 1 heterocycles. The fourth-order valence-corrected chi connectivity index (χ4v) is 4.78. The molecule has 1 aliphatic heterocycles. The summed E-state index contributed by atoms with van der Waals surface area (Å²) in [4.78, 5) is 26.1. The lowest BCUT2D eigenvalue weighted by Crippen LogP contribution is -2.41. The fraction of sp³-hybridized carbons (Fsp3) is 0.536. The van der Waals surface area contributed by atoms with Crippen molar-refractivity contribution in [3.63, 3.8) is 0 Å². The molecule has 0 radical (unpaired) electrons. The lowest BCUT2D eigenvalue weighted by atomic mass is 9.74. The highest BCUT2D eigenvalue weighted by atomic mass is 28.4.